The highest BCUT2D eigenvalue weighted by Gasteiger charge is 2.09. The summed E-state index contributed by atoms with van der Waals surface area (Å²) in [5.41, 5.74) is 5.19. The van der Waals surface area contributed by atoms with Gasteiger partial charge < -0.3 is 5.32 Å². The molecule has 2 aromatic carbocycles. The van der Waals surface area contributed by atoms with Crippen LogP contribution in [0.4, 0.5) is 5.69 Å². The van der Waals surface area contributed by atoms with Crippen LogP contribution >= 0.6 is 23.1 Å². The Kier molecular flexibility index (Phi) is 5.33. The zero-order valence-corrected chi connectivity index (χ0v) is 15.2. The first-order chi connectivity index (χ1) is 11.6. The molecule has 0 aliphatic carbocycles. The maximum atomic E-state index is 12.1. The number of thioether (sulfide) groups is 1. The third kappa shape index (κ3) is 4.24. The van der Waals surface area contributed by atoms with E-state index in [9.17, 15) is 4.79 Å². The fraction of sp³-hybridized carbons (Fsp3) is 0.158. The van der Waals surface area contributed by atoms with Crippen molar-refractivity contribution in [2.75, 3.05) is 11.1 Å². The second kappa shape index (κ2) is 7.64. The average Bonchev–Trinajstić information content (AvgIpc) is 3.05. The first-order valence-corrected chi connectivity index (χ1v) is 9.49. The Morgan fingerprint density at radius 3 is 2.71 bits per heavy atom. The molecule has 0 saturated carbocycles. The topological polar surface area (TPSA) is 42.0 Å². The van der Waals surface area contributed by atoms with Gasteiger partial charge in [0.05, 0.1) is 11.4 Å². The van der Waals surface area contributed by atoms with E-state index in [0.717, 1.165) is 26.8 Å². The van der Waals surface area contributed by atoms with E-state index in [2.05, 4.69) is 16.4 Å². The van der Waals surface area contributed by atoms with Crippen LogP contribution in [0.25, 0.3) is 11.3 Å². The molecular formula is C19H18N2OS2. The van der Waals surface area contributed by atoms with E-state index >= 15 is 0 Å². The molecule has 0 spiro atoms. The van der Waals surface area contributed by atoms with Crippen LogP contribution in [0.2, 0.25) is 0 Å². The summed E-state index contributed by atoms with van der Waals surface area (Å²) >= 11 is 3.04. The number of anilines is 1. The van der Waals surface area contributed by atoms with Gasteiger partial charge in [-0.2, -0.15) is 0 Å². The number of rotatable bonds is 5. The molecule has 0 atom stereocenters. The molecule has 3 aromatic rings. The molecular weight excluding hydrogens is 336 g/mol. The van der Waals surface area contributed by atoms with Crippen molar-refractivity contribution in [2.45, 2.75) is 18.2 Å². The highest BCUT2D eigenvalue weighted by molar-refractivity contribution is 8.01. The van der Waals surface area contributed by atoms with Gasteiger partial charge in [0, 0.05) is 16.6 Å². The number of aromatic nitrogens is 1. The van der Waals surface area contributed by atoms with E-state index in [-0.39, 0.29) is 5.91 Å². The minimum Gasteiger partial charge on any atom is -0.325 e. The summed E-state index contributed by atoms with van der Waals surface area (Å²) in [6.07, 6.45) is 0. The quantitative estimate of drug-likeness (QED) is 0.644. The molecule has 0 saturated heterocycles. The summed E-state index contributed by atoms with van der Waals surface area (Å²) in [4.78, 5) is 16.7. The van der Waals surface area contributed by atoms with Crippen LogP contribution in [-0.4, -0.2) is 16.6 Å². The van der Waals surface area contributed by atoms with Gasteiger partial charge in [0.2, 0.25) is 5.91 Å². The van der Waals surface area contributed by atoms with Gasteiger partial charge in [0.15, 0.2) is 4.34 Å². The monoisotopic (exact) mass is 354 g/mol. The van der Waals surface area contributed by atoms with Gasteiger partial charge in [-0.3, -0.25) is 4.79 Å². The number of amides is 1. The zero-order valence-electron chi connectivity index (χ0n) is 13.6. The number of carbonyl (C=O) groups excluding carboxylic acids is 1. The minimum absolute atomic E-state index is 0.0107. The van der Waals surface area contributed by atoms with Crippen molar-refractivity contribution in [1.82, 2.24) is 4.98 Å². The smallest absolute Gasteiger partial charge is 0.234 e. The molecule has 0 aliphatic rings. The number of nitrogens with one attached hydrogen (secondary N) is 1. The Balaban J connectivity index is 1.58. The van der Waals surface area contributed by atoms with Crippen molar-refractivity contribution in [3.8, 4) is 11.3 Å². The number of hydrogen-bond acceptors (Lipinski definition) is 4. The molecule has 1 aromatic heterocycles. The largest absolute Gasteiger partial charge is 0.325 e. The van der Waals surface area contributed by atoms with Gasteiger partial charge in [-0.05, 0) is 25.5 Å². The number of thiazole rings is 1. The lowest BCUT2D eigenvalue weighted by molar-refractivity contribution is -0.113. The van der Waals surface area contributed by atoms with Crippen LogP contribution in [0.1, 0.15) is 11.1 Å². The fourth-order valence-corrected chi connectivity index (χ4v) is 3.97. The van der Waals surface area contributed by atoms with Crippen LogP contribution < -0.4 is 5.32 Å². The van der Waals surface area contributed by atoms with Crippen molar-refractivity contribution in [2.24, 2.45) is 0 Å². The van der Waals surface area contributed by atoms with Crippen molar-refractivity contribution >= 4 is 34.7 Å². The Morgan fingerprint density at radius 1 is 1.17 bits per heavy atom. The summed E-state index contributed by atoms with van der Waals surface area (Å²) in [7, 11) is 0. The van der Waals surface area contributed by atoms with Gasteiger partial charge in [0.1, 0.15) is 0 Å². The molecule has 5 heteroatoms. The molecule has 122 valence electrons. The molecule has 0 fully saturated rings. The number of benzene rings is 2. The SMILES string of the molecule is Cc1ccc(NC(=O)CSc2nc(-c3ccccc3)cs2)c(C)c1. The Labute approximate surface area is 150 Å². The van der Waals surface area contributed by atoms with E-state index in [1.54, 1.807) is 11.3 Å². The van der Waals surface area contributed by atoms with Crippen molar-refractivity contribution in [3.05, 3.63) is 65.0 Å². The first-order valence-electron chi connectivity index (χ1n) is 7.62. The van der Waals surface area contributed by atoms with E-state index < -0.39 is 0 Å². The van der Waals surface area contributed by atoms with Crippen LogP contribution in [-0.2, 0) is 4.79 Å². The number of aryl methyl sites for hydroxylation is 2. The zero-order chi connectivity index (χ0) is 16.9. The summed E-state index contributed by atoms with van der Waals surface area (Å²) in [6, 6.07) is 16.1. The fourth-order valence-electron chi connectivity index (χ4n) is 2.33. The van der Waals surface area contributed by atoms with Crippen molar-refractivity contribution < 1.29 is 4.79 Å². The molecule has 3 rings (SSSR count). The Hall–Kier alpha value is -2.11. The minimum atomic E-state index is -0.0107. The van der Waals surface area contributed by atoms with Crippen LogP contribution in [0, 0.1) is 13.8 Å². The number of carbonyl (C=O) groups is 1. The van der Waals surface area contributed by atoms with Gasteiger partial charge in [-0.25, -0.2) is 4.98 Å². The predicted molar refractivity (Wildman–Crippen MR) is 103 cm³/mol. The molecule has 3 nitrogen and oxygen atoms in total. The van der Waals surface area contributed by atoms with E-state index in [1.807, 2.05) is 61.7 Å². The normalized spacial score (nSPS) is 10.6. The highest BCUT2D eigenvalue weighted by Crippen LogP contribution is 2.28. The van der Waals surface area contributed by atoms with Crippen molar-refractivity contribution in [3.63, 3.8) is 0 Å². The summed E-state index contributed by atoms with van der Waals surface area (Å²) in [6.45, 7) is 4.05. The third-order valence-electron chi connectivity index (χ3n) is 3.54. The average molecular weight is 355 g/mol. The summed E-state index contributed by atoms with van der Waals surface area (Å²) in [5.74, 6) is 0.345. The van der Waals surface area contributed by atoms with Gasteiger partial charge >= 0.3 is 0 Å². The molecule has 0 aliphatic heterocycles. The van der Waals surface area contributed by atoms with Crippen LogP contribution in [0.15, 0.2) is 58.3 Å². The highest BCUT2D eigenvalue weighted by atomic mass is 32.2. The summed E-state index contributed by atoms with van der Waals surface area (Å²) < 4.78 is 0.907. The van der Waals surface area contributed by atoms with Gasteiger partial charge in [-0.15, -0.1) is 11.3 Å². The molecule has 1 heterocycles. The number of nitrogens with zero attached hydrogens (tertiary/aromatic N) is 1. The Bertz CT molecular complexity index is 844. The second-order valence-electron chi connectivity index (χ2n) is 5.52. The molecule has 1 N–H and O–H groups in total. The molecule has 0 bridgehead atoms. The lowest BCUT2D eigenvalue weighted by atomic mass is 10.1. The Morgan fingerprint density at radius 2 is 1.96 bits per heavy atom. The van der Waals surface area contributed by atoms with E-state index in [1.165, 1.54) is 17.3 Å². The maximum Gasteiger partial charge on any atom is 0.234 e. The third-order valence-corrected chi connectivity index (χ3v) is 5.56. The predicted octanol–water partition coefficient (Wildman–Crippen LogP) is 5.16. The van der Waals surface area contributed by atoms with Crippen molar-refractivity contribution in [1.29, 1.82) is 0 Å². The molecule has 24 heavy (non-hydrogen) atoms. The standard InChI is InChI=1S/C19H18N2OS2/c1-13-8-9-16(14(2)10-13)20-18(22)12-24-19-21-17(11-23-19)15-6-4-3-5-7-15/h3-11H,12H2,1-2H3,(H,20,22). The molecule has 0 radical (unpaired) electrons. The second-order valence-corrected chi connectivity index (χ2v) is 7.60. The lowest BCUT2D eigenvalue weighted by Gasteiger charge is -2.08. The maximum absolute atomic E-state index is 12.1. The molecule has 1 amide bonds. The van der Waals surface area contributed by atoms with E-state index in [0.29, 0.717) is 5.75 Å². The van der Waals surface area contributed by atoms with Gasteiger partial charge in [0.25, 0.3) is 0 Å². The number of hydrogen-bond donors (Lipinski definition) is 1. The van der Waals surface area contributed by atoms with Crippen LogP contribution in [0.3, 0.4) is 0 Å². The lowest BCUT2D eigenvalue weighted by Crippen LogP contribution is -2.14. The van der Waals surface area contributed by atoms with Gasteiger partial charge in [-0.1, -0.05) is 59.8 Å². The van der Waals surface area contributed by atoms with Crippen LogP contribution in [0.5, 0.6) is 0 Å². The van der Waals surface area contributed by atoms with E-state index in [4.69, 9.17) is 0 Å². The first kappa shape index (κ1) is 16.7. The summed E-state index contributed by atoms with van der Waals surface area (Å²) in [5, 5.41) is 4.99. The molecule has 0 unspecified atom stereocenters.